The first kappa shape index (κ1) is 15.9. The summed E-state index contributed by atoms with van der Waals surface area (Å²) in [6, 6.07) is 10.0. The van der Waals surface area contributed by atoms with Gasteiger partial charge in [0.15, 0.2) is 0 Å². The topological polar surface area (TPSA) is 66.4 Å². The van der Waals surface area contributed by atoms with Gasteiger partial charge in [-0.3, -0.25) is 0 Å². The molecule has 0 fully saturated rings. The van der Waals surface area contributed by atoms with Crippen molar-refractivity contribution in [2.45, 2.75) is 18.0 Å². The summed E-state index contributed by atoms with van der Waals surface area (Å²) in [6.45, 7) is -0.474. The summed E-state index contributed by atoms with van der Waals surface area (Å²) in [5.41, 5.74) is 0.678. The number of halogens is 2. The Balaban J connectivity index is 2.16. The van der Waals surface area contributed by atoms with E-state index in [0.29, 0.717) is 5.02 Å². The molecule has 0 aliphatic rings. The molecule has 0 bridgehead atoms. The predicted octanol–water partition coefficient (Wildman–Crippen LogP) is 2.45. The molecule has 0 atom stereocenters. The summed E-state index contributed by atoms with van der Waals surface area (Å²) >= 11 is 5.75. The molecule has 0 aliphatic heterocycles. The number of aliphatic hydroxyl groups excluding tert-OH is 1. The van der Waals surface area contributed by atoms with E-state index in [-0.39, 0.29) is 17.0 Å². The van der Waals surface area contributed by atoms with Gasteiger partial charge in [-0.05, 0) is 35.9 Å². The van der Waals surface area contributed by atoms with Crippen molar-refractivity contribution in [2.24, 2.45) is 0 Å². The smallest absolute Gasteiger partial charge is 0.240 e. The highest BCUT2D eigenvalue weighted by molar-refractivity contribution is 7.89. The number of benzene rings is 2. The zero-order chi connectivity index (χ0) is 15.5. The molecule has 0 saturated heterocycles. The van der Waals surface area contributed by atoms with Crippen molar-refractivity contribution in [1.82, 2.24) is 4.72 Å². The Bertz CT molecular complexity index is 732. The zero-order valence-corrected chi connectivity index (χ0v) is 12.5. The highest BCUT2D eigenvalue weighted by Gasteiger charge is 2.15. The SMILES string of the molecule is O=S(=O)(NCc1ccc(Cl)cc1)c1ccc(F)c(CO)c1. The van der Waals surface area contributed by atoms with E-state index in [4.69, 9.17) is 16.7 Å². The summed E-state index contributed by atoms with van der Waals surface area (Å²) in [4.78, 5) is -0.0955. The number of aliphatic hydroxyl groups is 1. The monoisotopic (exact) mass is 329 g/mol. The lowest BCUT2D eigenvalue weighted by molar-refractivity contribution is 0.275. The Morgan fingerprint density at radius 2 is 1.81 bits per heavy atom. The molecule has 0 radical (unpaired) electrons. The number of nitrogens with one attached hydrogen (secondary N) is 1. The maximum Gasteiger partial charge on any atom is 0.240 e. The molecule has 2 rings (SSSR count). The Labute approximate surface area is 127 Å². The molecule has 21 heavy (non-hydrogen) atoms. The molecule has 0 saturated carbocycles. The molecule has 112 valence electrons. The van der Waals surface area contributed by atoms with Crippen molar-refractivity contribution in [1.29, 1.82) is 0 Å². The largest absolute Gasteiger partial charge is 0.392 e. The second kappa shape index (κ2) is 6.53. The molecular weight excluding hydrogens is 317 g/mol. The van der Waals surface area contributed by atoms with Crippen molar-refractivity contribution < 1.29 is 17.9 Å². The quantitative estimate of drug-likeness (QED) is 0.885. The lowest BCUT2D eigenvalue weighted by Crippen LogP contribution is -2.23. The van der Waals surface area contributed by atoms with Crippen LogP contribution in [0.5, 0.6) is 0 Å². The molecule has 7 heteroatoms. The van der Waals surface area contributed by atoms with Crippen LogP contribution >= 0.6 is 11.6 Å². The fourth-order valence-corrected chi connectivity index (χ4v) is 2.90. The summed E-state index contributed by atoms with van der Waals surface area (Å²) in [7, 11) is -3.78. The number of sulfonamides is 1. The minimum Gasteiger partial charge on any atom is -0.392 e. The Morgan fingerprint density at radius 1 is 1.14 bits per heavy atom. The molecular formula is C14H13ClFNO3S. The third-order valence-electron chi connectivity index (χ3n) is 2.88. The highest BCUT2D eigenvalue weighted by Crippen LogP contribution is 2.16. The number of rotatable bonds is 5. The summed E-state index contributed by atoms with van der Waals surface area (Å²) in [5.74, 6) is -0.644. The van der Waals surface area contributed by atoms with Crippen LogP contribution in [0.25, 0.3) is 0 Å². The van der Waals surface area contributed by atoms with Crippen LogP contribution in [0.1, 0.15) is 11.1 Å². The van der Waals surface area contributed by atoms with Gasteiger partial charge in [-0.2, -0.15) is 0 Å². The molecule has 0 spiro atoms. The average molecular weight is 330 g/mol. The summed E-state index contributed by atoms with van der Waals surface area (Å²) in [6.07, 6.45) is 0. The molecule has 0 unspecified atom stereocenters. The summed E-state index contributed by atoms with van der Waals surface area (Å²) in [5, 5.41) is 9.54. The summed E-state index contributed by atoms with van der Waals surface area (Å²) < 4.78 is 39.9. The fourth-order valence-electron chi connectivity index (χ4n) is 1.70. The van der Waals surface area contributed by atoms with Crippen LogP contribution in [0, 0.1) is 5.82 Å². The van der Waals surface area contributed by atoms with Gasteiger partial charge in [0.05, 0.1) is 11.5 Å². The van der Waals surface area contributed by atoms with E-state index >= 15 is 0 Å². The molecule has 2 aromatic carbocycles. The standard InChI is InChI=1S/C14H13ClFNO3S/c15-12-3-1-10(2-4-12)8-17-21(19,20)13-5-6-14(16)11(7-13)9-18/h1-7,17-18H,8-9H2. The first-order valence-electron chi connectivity index (χ1n) is 6.06. The molecule has 4 nitrogen and oxygen atoms in total. The van der Waals surface area contributed by atoms with Gasteiger partial charge >= 0.3 is 0 Å². The Hall–Kier alpha value is -1.47. The van der Waals surface area contributed by atoms with Gasteiger partial charge in [-0.25, -0.2) is 17.5 Å². The third-order valence-corrected chi connectivity index (χ3v) is 4.53. The van der Waals surface area contributed by atoms with E-state index in [9.17, 15) is 12.8 Å². The van der Waals surface area contributed by atoms with E-state index in [2.05, 4.69) is 4.72 Å². The first-order chi connectivity index (χ1) is 9.92. The first-order valence-corrected chi connectivity index (χ1v) is 7.92. The minimum atomic E-state index is -3.78. The third kappa shape index (κ3) is 4.01. The maximum absolute atomic E-state index is 13.3. The molecule has 2 aromatic rings. The second-order valence-corrected chi connectivity index (χ2v) is 6.57. The Morgan fingerprint density at radius 3 is 2.43 bits per heavy atom. The Kier molecular flexibility index (Phi) is 4.95. The normalized spacial score (nSPS) is 11.6. The van der Waals surface area contributed by atoms with Crippen LogP contribution in [0.4, 0.5) is 4.39 Å². The minimum absolute atomic E-state index is 0.0654. The van der Waals surface area contributed by atoms with Crippen LogP contribution in [0.2, 0.25) is 5.02 Å². The van der Waals surface area contributed by atoms with E-state index in [1.807, 2.05) is 0 Å². The predicted molar refractivity (Wildman–Crippen MR) is 77.8 cm³/mol. The van der Waals surface area contributed by atoms with Crippen molar-refractivity contribution in [2.75, 3.05) is 0 Å². The van der Waals surface area contributed by atoms with Crippen LogP contribution < -0.4 is 4.72 Å². The molecule has 0 aromatic heterocycles. The van der Waals surface area contributed by atoms with Gasteiger partial charge < -0.3 is 5.11 Å². The fraction of sp³-hybridized carbons (Fsp3) is 0.143. The van der Waals surface area contributed by atoms with E-state index in [0.717, 1.165) is 23.8 Å². The molecule has 0 aliphatic carbocycles. The van der Waals surface area contributed by atoms with Gasteiger partial charge in [-0.15, -0.1) is 0 Å². The van der Waals surface area contributed by atoms with E-state index < -0.39 is 22.4 Å². The number of hydrogen-bond donors (Lipinski definition) is 2. The lowest BCUT2D eigenvalue weighted by atomic mass is 10.2. The molecule has 2 N–H and O–H groups in total. The van der Waals surface area contributed by atoms with Crippen LogP contribution in [-0.2, 0) is 23.2 Å². The molecule has 0 heterocycles. The van der Waals surface area contributed by atoms with Gasteiger partial charge in [0.2, 0.25) is 10.0 Å². The maximum atomic E-state index is 13.3. The van der Waals surface area contributed by atoms with E-state index in [1.54, 1.807) is 24.3 Å². The second-order valence-electron chi connectivity index (χ2n) is 4.36. The van der Waals surface area contributed by atoms with Crippen LogP contribution in [-0.4, -0.2) is 13.5 Å². The number of hydrogen-bond acceptors (Lipinski definition) is 3. The van der Waals surface area contributed by atoms with E-state index in [1.165, 1.54) is 0 Å². The van der Waals surface area contributed by atoms with Gasteiger partial charge in [-0.1, -0.05) is 23.7 Å². The van der Waals surface area contributed by atoms with Gasteiger partial charge in [0, 0.05) is 17.1 Å². The lowest BCUT2D eigenvalue weighted by Gasteiger charge is -2.08. The molecule has 0 amide bonds. The van der Waals surface area contributed by atoms with Crippen molar-refractivity contribution in [3.8, 4) is 0 Å². The van der Waals surface area contributed by atoms with Crippen molar-refractivity contribution >= 4 is 21.6 Å². The van der Waals surface area contributed by atoms with Gasteiger partial charge in [0.1, 0.15) is 5.82 Å². The average Bonchev–Trinajstić information content (AvgIpc) is 2.47. The van der Waals surface area contributed by atoms with Crippen LogP contribution in [0.15, 0.2) is 47.4 Å². The zero-order valence-electron chi connectivity index (χ0n) is 10.9. The van der Waals surface area contributed by atoms with Crippen molar-refractivity contribution in [3.05, 3.63) is 64.4 Å². The van der Waals surface area contributed by atoms with Crippen LogP contribution in [0.3, 0.4) is 0 Å². The van der Waals surface area contributed by atoms with Gasteiger partial charge in [0.25, 0.3) is 0 Å². The van der Waals surface area contributed by atoms with Crippen molar-refractivity contribution in [3.63, 3.8) is 0 Å². The highest BCUT2D eigenvalue weighted by atomic mass is 35.5.